The highest BCUT2D eigenvalue weighted by atomic mass is 32.1. The predicted octanol–water partition coefficient (Wildman–Crippen LogP) is 1.76. The summed E-state index contributed by atoms with van der Waals surface area (Å²) in [5, 5.41) is 2.13. The van der Waals surface area contributed by atoms with Crippen LogP contribution in [0.1, 0.15) is 22.9 Å². The molecule has 0 amide bonds. The minimum Gasteiger partial charge on any atom is -0.322 e. The lowest BCUT2D eigenvalue weighted by Gasteiger charge is -2.32. The van der Waals surface area contributed by atoms with E-state index in [-0.39, 0.29) is 6.04 Å². The van der Waals surface area contributed by atoms with E-state index in [1.165, 1.54) is 30.0 Å². The molecule has 1 saturated heterocycles. The van der Waals surface area contributed by atoms with E-state index in [1.54, 1.807) is 11.3 Å². The Kier molecular flexibility index (Phi) is 2.67. The summed E-state index contributed by atoms with van der Waals surface area (Å²) in [6.07, 6.45) is 1.34. The number of thiophene rings is 1. The second kappa shape index (κ2) is 3.78. The fourth-order valence-corrected chi connectivity index (χ4v) is 2.61. The normalized spacial score (nSPS) is 19.8. The molecular weight excluding hydrogens is 180 g/mol. The number of nitrogens with two attached hydrogens (primary N) is 1. The van der Waals surface area contributed by atoms with Crippen molar-refractivity contribution in [3.8, 4) is 0 Å². The van der Waals surface area contributed by atoms with Gasteiger partial charge in [0.2, 0.25) is 0 Å². The summed E-state index contributed by atoms with van der Waals surface area (Å²) in [6, 6.07) is 2.37. The van der Waals surface area contributed by atoms with Crippen LogP contribution in [0, 0.1) is 6.92 Å². The van der Waals surface area contributed by atoms with E-state index < -0.39 is 0 Å². The second-order valence-electron chi connectivity index (χ2n) is 3.73. The maximum absolute atomic E-state index is 6.12. The van der Waals surface area contributed by atoms with Crippen LogP contribution in [0.3, 0.4) is 0 Å². The van der Waals surface area contributed by atoms with Gasteiger partial charge in [-0.1, -0.05) is 0 Å². The zero-order valence-corrected chi connectivity index (χ0v) is 8.81. The monoisotopic (exact) mass is 196 g/mol. The molecule has 0 radical (unpaired) electrons. The molecule has 2 heterocycles. The molecule has 2 N–H and O–H groups in total. The first kappa shape index (κ1) is 9.19. The Morgan fingerprint density at radius 2 is 2.38 bits per heavy atom. The molecule has 1 aliphatic heterocycles. The van der Waals surface area contributed by atoms with Crippen molar-refractivity contribution < 1.29 is 0 Å². The zero-order chi connectivity index (χ0) is 9.26. The summed E-state index contributed by atoms with van der Waals surface area (Å²) in [7, 11) is 0. The smallest absolute Gasteiger partial charge is 0.0521 e. The van der Waals surface area contributed by atoms with Gasteiger partial charge in [0.05, 0.1) is 6.04 Å². The molecule has 1 unspecified atom stereocenters. The predicted molar refractivity (Wildman–Crippen MR) is 57.0 cm³/mol. The van der Waals surface area contributed by atoms with Crippen LogP contribution >= 0.6 is 11.3 Å². The fourth-order valence-electron chi connectivity index (χ4n) is 1.69. The van der Waals surface area contributed by atoms with E-state index in [0.29, 0.717) is 0 Å². The number of hydrogen-bond donors (Lipinski definition) is 1. The fraction of sp³-hybridized carbons (Fsp3) is 0.600. The van der Waals surface area contributed by atoms with Crippen molar-refractivity contribution in [1.82, 2.24) is 4.90 Å². The molecule has 0 saturated carbocycles. The number of aryl methyl sites for hydroxylation is 1. The maximum Gasteiger partial charge on any atom is 0.0521 e. The maximum atomic E-state index is 6.12. The van der Waals surface area contributed by atoms with Crippen molar-refractivity contribution in [1.29, 1.82) is 0 Å². The van der Waals surface area contributed by atoms with Crippen molar-refractivity contribution in [3.05, 3.63) is 21.9 Å². The standard InChI is InChI=1S/C10H16N2S/c1-8-3-6-13-10(8)9(11)7-12-4-2-5-12/h3,6,9H,2,4-5,7,11H2,1H3. The van der Waals surface area contributed by atoms with Gasteiger partial charge in [-0.25, -0.2) is 0 Å². The van der Waals surface area contributed by atoms with Crippen molar-refractivity contribution in [2.75, 3.05) is 19.6 Å². The van der Waals surface area contributed by atoms with E-state index in [4.69, 9.17) is 5.73 Å². The highest BCUT2D eigenvalue weighted by Crippen LogP contribution is 2.23. The van der Waals surface area contributed by atoms with Crippen molar-refractivity contribution >= 4 is 11.3 Å². The molecule has 0 aliphatic carbocycles. The average Bonchev–Trinajstić information content (AvgIpc) is 2.43. The summed E-state index contributed by atoms with van der Waals surface area (Å²) >= 11 is 1.78. The Bertz CT molecular complexity index is 278. The minimum absolute atomic E-state index is 0.222. The lowest BCUT2D eigenvalue weighted by Crippen LogP contribution is -2.41. The van der Waals surface area contributed by atoms with Gasteiger partial charge < -0.3 is 10.6 Å². The van der Waals surface area contributed by atoms with E-state index >= 15 is 0 Å². The van der Waals surface area contributed by atoms with Crippen LogP contribution in [0.4, 0.5) is 0 Å². The summed E-state index contributed by atoms with van der Waals surface area (Å²) in [5.74, 6) is 0. The van der Waals surface area contributed by atoms with Gasteiger partial charge in [-0.15, -0.1) is 11.3 Å². The van der Waals surface area contributed by atoms with E-state index in [0.717, 1.165) is 6.54 Å². The summed E-state index contributed by atoms with van der Waals surface area (Å²) in [5.41, 5.74) is 7.46. The molecule has 1 atom stereocenters. The molecule has 13 heavy (non-hydrogen) atoms. The minimum atomic E-state index is 0.222. The van der Waals surface area contributed by atoms with Crippen LogP contribution < -0.4 is 5.73 Å². The first-order valence-electron chi connectivity index (χ1n) is 4.79. The van der Waals surface area contributed by atoms with Gasteiger partial charge in [0.15, 0.2) is 0 Å². The highest BCUT2D eigenvalue weighted by molar-refractivity contribution is 7.10. The van der Waals surface area contributed by atoms with Gasteiger partial charge in [-0.05, 0) is 43.4 Å². The Balaban J connectivity index is 1.96. The highest BCUT2D eigenvalue weighted by Gasteiger charge is 2.19. The van der Waals surface area contributed by atoms with E-state index in [9.17, 15) is 0 Å². The van der Waals surface area contributed by atoms with Crippen LogP contribution in [0.25, 0.3) is 0 Å². The van der Waals surface area contributed by atoms with E-state index in [2.05, 4.69) is 23.3 Å². The van der Waals surface area contributed by atoms with Crippen LogP contribution in [0.2, 0.25) is 0 Å². The summed E-state index contributed by atoms with van der Waals surface area (Å²) in [4.78, 5) is 3.77. The third kappa shape index (κ3) is 1.93. The van der Waals surface area contributed by atoms with Gasteiger partial charge in [-0.2, -0.15) is 0 Å². The molecule has 2 nitrogen and oxygen atoms in total. The Morgan fingerprint density at radius 3 is 2.85 bits per heavy atom. The largest absolute Gasteiger partial charge is 0.322 e. The third-order valence-electron chi connectivity index (χ3n) is 2.64. The first-order valence-corrected chi connectivity index (χ1v) is 5.67. The Labute approximate surface area is 83.4 Å². The second-order valence-corrected chi connectivity index (χ2v) is 4.68. The molecule has 1 fully saturated rings. The molecule has 1 aliphatic rings. The lowest BCUT2D eigenvalue weighted by molar-refractivity contribution is 0.171. The van der Waals surface area contributed by atoms with E-state index in [1.807, 2.05) is 0 Å². The number of nitrogens with zero attached hydrogens (tertiary/aromatic N) is 1. The van der Waals surface area contributed by atoms with Crippen LogP contribution in [0.5, 0.6) is 0 Å². The molecule has 2 rings (SSSR count). The van der Waals surface area contributed by atoms with Crippen molar-refractivity contribution in [2.45, 2.75) is 19.4 Å². The Morgan fingerprint density at radius 1 is 1.62 bits per heavy atom. The molecule has 1 aromatic heterocycles. The molecule has 0 bridgehead atoms. The summed E-state index contributed by atoms with van der Waals surface area (Å²) in [6.45, 7) is 5.64. The first-order chi connectivity index (χ1) is 6.27. The topological polar surface area (TPSA) is 29.3 Å². The summed E-state index contributed by atoms with van der Waals surface area (Å²) < 4.78 is 0. The van der Waals surface area contributed by atoms with Gasteiger partial charge in [0, 0.05) is 11.4 Å². The van der Waals surface area contributed by atoms with Crippen LogP contribution in [0.15, 0.2) is 11.4 Å². The van der Waals surface area contributed by atoms with Crippen LogP contribution in [-0.4, -0.2) is 24.5 Å². The molecule has 0 spiro atoms. The number of hydrogen-bond acceptors (Lipinski definition) is 3. The zero-order valence-electron chi connectivity index (χ0n) is 7.99. The molecule has 72 valence electrons. The van der Waals surface area contributed by atoms with Crippen molar-refractivity contribution in [2.24, 2.45) is 5.73 Å². The van der Waals surface area contributed by atoms with Crippen LogP contribution in [-0.2, 0) is 0 Å². The van der Waals surface area contributed by atoms with Gasteiger partial charge >= 0.3 is 0 Å². The number of likely N-dealkylation sites (tertiary alicyclic amines) is 1. The van der Waals surface area contributed by atoms with Gasteiger partial charge in [0.1, 0.15) is 0 Å². The Hall–Kier alpha value is -0.380. The quantitative estimate of drug-likeness (QED) is 0.798. The van der Waals surface area contributed by atoms with Crippen molar-refractivity contribution in [3.63, 3.8) is 0 Å². The van der Waals surface area contributed by atoms with Gasteiger partial charge in [-0.3, -0.25) is 0 Å². The average molecular weight is 196 g/mol. The number of rotatable bonds is 3. The SMILES string of the molecule is Cc1ccsc1C(N)CN1CCC1. The third-order valence-corrected chi connectivity index (χ3v) is 3.79. The molecule has 1 aromatic rings. The molecule has 3 heteroatoms. The lowest BCUT2D eigenvalue weighted by atomic mass is 10.1. The molecule has 0 aromatic carbocycles. The van der Waals surface area contributed by atoms with Gasteiger partial charge in [0.25, 0.3) is 0 Å². The molecular formula is C10H16N2S.